The first kappa shape index (κ1) is 18.8. The zero-order valence-corrected chi connectivity index (χ0v) is 15.3. The predicted molar refractivity (Wildman–Crippen MR) is 93.8 cm³/mol. The number of benzene rings is 1. The van der Waals surface area contributed by atoms with Gasteiger partial charge in [0.25, 0.3) is 0 Å². The Labute approximate surface area is 149 Å². The highest BCUT2D eigenvalue weighted by molar-refractivity contribution is 7.89. The quantitative estimate of drug-likeness (QED) is 0.723. The number of carbonyl (C=O) groups is 1. The maximum absolute atomic E-state index is 12.1. The summed E-state index contributed by atoms with van der Waals surface area (Å²) in [5.41, 5.74) is 0. The van der Waals surface area contributed by atoms with Crippen LogP contribution in [0.1, 0.15) is 24.8 Å². The van der Waals surface area contributed by atoms with Crippen LogP contribution in [0.2, 0.25) is 5.02 Å². The summed E-state index contributed by atoms with van der Waals surface area (Å²) in [5, 5.41) is 12.0. The van der Waals surface area contributed by atoms with Crippen molar-refractivity contribution in [2.45, 2.75) is 31.1 Å². The first-order valence-corrected chi connectivity index (χ1v) is 9.96. The van der Waals surface area contributed by atoms with Crippen LogP contribution in [0.4, 0.5) is 5.13 Å². The van der Waals surface area contributed by atoms with Gasteiger partial charge in [0, 0.05) is 24.4 Å². The van der Waals surface area contributed by atoms with E-state index in [0.29, 0.717) is 10.2 Å². The van der Waals surface area contributed by atoms with E-state index in [4.69, 9.17) is 11.6 Å². The molecule has 1 heterocycles. The van der Waals surface area contributed by atoms with Crippen LogP contribution >= 0.6 is 22.9 Å². The second-order valence-corrected chi connectivity index (χ2v) is 8.17. The predicted octanol–water partition coefficient (Wildman–Crippen LogP) is 2.45. The van der Waals surface area contributed by atoms with Crippen LogP contribution in [0.15, 0.2) is 29.2 Å². The van der Waals surface area contributed by atoms with E-state index < -0.39 is 10.0 Å². The molecule has 0 saturated heterocycles. The number of anilines is 1. The lowest BCUT2D eigenvalue weighted by Gasteiger charge is -2.06. The molecule has 0 atom stereocenters. The van der Waals surface area contributed by atoms with Crippen molar-refractivity contribution in [3.8, 4) is 0 Å². The van der Waals surface area contributed by atoms with Gasteiger partial charge in [-0.1, -0.05) is 35.9 Å². The van der Waals surface area contributed by atoms with Gasteiger partial charge in [-0.25, -0.2) is 13.1 Å². The van der Waals surface area contributed by atoms with Crippen LogP contribution in [0, 0.1) is 0 Å². The summed E-state index contributed by atoms with van der Waals surface area (Å²) in [6, 6.07) is 5.92. The van der Waals surface area contributed by atoms with Crippen LogP contribution in [-0.2, 0) is 21.2 Å². The van der Waals surface area contributed by atoms with Crippen molar-refractivity contribution in [2.24, 2.45) is 0 Å². The van der Waals surface area contributed by atoms with Gasteiger partial charge in [0.05, 0.1) is 4.90 Å². The van der Waals surface area contributed by atoms with Crippen molar-refractivity contribution in [1.82, 2.24) is 14.9 Å². The smallest absolute Gasteiger partial charge is 0.240 e. The summed E-state index contributed by atoms with van der Waals surface area (Å²) < 4.78 is 26.5. The van der Waals surface area contributed by atoms with Crippen LogP contribution in [0.3, 0.4) is 0 Å². The Morgan fingerprint density at radius 3 is 2.83 bits per heavy atom. The average molecular weight is 389 g/mol. The van der Waals surface area contributed by atoms with E-state index in [-0.39, 0.29) is 23.8 Å². The van der Waals surface area contributed by atoms with Gasteiger partial charge < -0.3 is 5.32 Å². The number of aromatic nitrogens is 2. The van der Waals surface area contributed by atoms with Crippen molar-refractivity contribution in [3.05, 3.63) is 34.3 Å². The zero-order chi connectivity index (χ0) is 17.6. The number of nitrogens with zero attached hydrogens (tertiary/aromatic N) is 2. The van der Waals surface area contributed by atoms with E-state index in [2.05, 4.69) is 20.2 Å². The summed E-state index contributed by atoms with van der Waals surface area (Å²) >= 11 is 7.10. The molecular formula is C14H17ClN4O3S2. The van der Waals surface area contributed by atoms with Gasteiger partial charge in [0.1, 0.15) is 5.01 Å². The maximum atomic E-state index is 12.1. The Morgan fingerprint density at radius 2 is 2.12 bits per heavy atom. The van der Waals surface area contributed by atoms with Gasteiger partial charge in [0.15, 0.2) is 0 Å². The Balaban J connectivity index is 1.83. The lowest BCUT2D eigenvalue weighted by molar-refractivity contribution is -0.116. The van der Waals surface area contributed by atoms with E-state index in [1.165, 1.54) is 23.5 Å². The highest BCUT2D eigenvalue weighted by atomic mass is 35.5. The number of rotatable bonds is 8. The normalized spacial score (nSPS) is 11.4. The van der Waals surface area contributed by atoms with Gasteiger partial charge in [-0.05, 0) is 24.6 Å². The summed E-state index contributed by atoms with van der Waals surface area (Å²) in [5.74, 6) is -0.331. The molecule has 1 aromatic carbocycles. The molecule has 0 saturated carbocycles. The van der Waals surface area contributed by atoms with Crippen LogP contribution in [0.25, 0.3) is 0 Å². The van der Waals surface area contributed by atoms with Crippen LogP contribution in [-0.4, -0.2) is 31.1 Å². The van der Waals surface area contributed by atoms with E-state index in [9.17, 15) is 13.2 Å². The lowest BCUT2D eigenvalue weighted by atomic mass is 10.4. The van der Waals surface area contributed by atoms with Crippen molar-refractivity contribution >= 4 is 44.0 Å². The van der Waals surface area contributed by atoms with Crippen molar-refractivity contribution in [1.29, 1.82) is 0 Å². The highest BCUT2D eigenvalue weighted by Gasteiger charge is 2.15. The molecule has 2 rings (SSSR count). The molecule has 2 N–H and O–H groups in total. The molecule has 0 fully saturated rings. The van der Waals surface area contributed by atoms with E-state index in [0.717, 1.165) is 17.8 Å². The molecule has 0 aliphatic heterocycles. The van der Waals surface area contributed by atoms with Crippen LogP contribution < -0.4 is 10.0 Å². The number of sulfonamides is 1. The maximum Gasteiger partial charge on any atom is 0.240 e. The number of hydrogen-bond donors (Lipinski definition) is 2. The molecule has 7 nitrogen and oxygen atoms in total. The van der Waals surface area contributed by atoms with E-state index in [1.54, 1.807) is 12.1 Å². The molecule has 130 valence electrons. The third-order valence-electron chi connectivity index (χ3n) is 2.93. The lowest BCUT2D eigenvalue weighted by Crippen LogP contribution is -2.27. The highest BCUT2D eigenvalue weighted by Crippen LogP contribution is 2.17. The molecule has 2 aromatic rings. The number of hydrogen-bond acceptors (Lipinski definition) is 6. The number of carbonyl (C=O) groups excluding carboxylic acids is 1. The number of halogens is 1. The third kappa shape index (κ3) is 5.52. The fourth-order valence-corrected chi connectivity index (χ4v) is 4.01. The molecule has 0 unspecified atom stereocenters. The standard InChI is InChI=1S/C14H17ClN4O3S2/c1-2-4-13-18-19-14(23-13)17-12(20)7-8-16-24(21,22)11-6-3-5-10(15)9-11/h3,5-6,9,16H,2,4,7-8H2,1H3,(H,17,19,20). The molecule has 0 aliphatic rings. The summed E-state index contributed by atoms with van der Waals surface area (Å²) in [6.45, 7) is 2.01. The molecule has 0 radical (unpaired) electrons. The minimum atomic E-state index is -3.69. The Bertz CT molecular complexity index is 808. The fourth-order valence-electron chi connectivity index (χ4n) is 1.82. The first-order chi connectivity index (χ1) is 11.4. The monoisotopic (exact) mass is 388 g/mol. The molecule has 24 heavy (non-hydrogen) atoms. The van der Waals surface area contributed by atoms with Gasteiger partial charge in [-0.15, -0.1) is 10.2 Å². The summed E-state index contributed by atoms with van der Waals surface area (Å²) in [7, 11) is -3.69. The molecule has 1 amide bonds. The number of nitrogens with one attached hydrogen (secondary N) is 2. The van der Waals surface area contributed by atoms with Crippen LogP contribution in [0.5, 0.6) is 0 Å². The second-order valence-electron chi connectivity index (χ2n) is 4.90. The van der Waals surface area contributed by atoms with Gasteiger partial charge >= 0.3 is 0 Å². The molecule has 10 heteroatoms. The minimum Gasteiger partial charge on any atom is -0.300 e. The Morgan fingerprint density at radius 1 is 1.33 bits per heavy atom. The summed E-state index contributed by atoms with van der Waals surface area (Å²) in [6.07, 6.45) is 1.75. The zero-order valence-electron chi connectivity index (χ0n) is 13.0. The molecule has 0 aliphatic carbocycles. The van der Waals surface area contributed by atoms with E-state index >= 15 is 0 Å². The van der Waals surface area contributed by atoms with Crippen molar-refractivity contribution in [3.63, 3.8) is 0 Å². The minimum absolute atomic E-state index is 0.0114. The number of amides is 1. The summed E-state index contributed by atoms with van der Waals surface area (Å²) in [4.78, 5) is 11.9. The van der Waals surface area contributed by atoms with E-state index in [1.807, 2.05) is 6.92 Å². The molecule has 0 spiro atoms. The third-order valence-corrected chi connectivity index (χ3v) is 5.52. The number of aryl methyl sites for hydroxylation is 1. The van der Waals surface area contributed by atoms with Crippen molar-refractivity contribution < 1.29 is 13.2 Å². The topological polar surface area (TPSA) is 101 Å². The van der Waals surface area contributed by atoms with Gasteiger partial charge in [-0.2, -0.15) is 0 Å². The molecule has 0 bridgehead atoms. The Kier molecular flexibility index (Phi) is 6.67. The second kappa shape index (κ2) is 8.52. The SMILES string of the molecule is CCCc1nnc(NC(=O)CCNS(=O)(=O)c2cccc(Cl)c2)s1. The largest absolute Gasteiger partial charge is 0.300 e. The molecule has 1 aromatic heterocycles. The van der Waals surface area contributed by atoms with Gasteiger partial charge in [-0.3, -0.25) is 4.79 Å². The Hall–Kier alpha value is -1.55. The van der Waals surface area contributed by atoms with Gasteiger partial charge in [0.2, 0.25) is 21.1 Å². The fraction of sp³-hybridized carbons (Fsp3) is 0.357. The molecular weight excluding hydrogens is 372 g/mol. The van der Waals surface area contributed by atoms with Crippen molar-refractivity contribution in [2.75, 3.05) is 11.9 Å². The first-order valence-electron chi connectivity index (χ1n) is 7.28. The average Bonchev–Trinajstić information content (AvgIpc) is 2.94.